The lowest BCUT2D eigenvalue weighted by atomic mass is 9.73. The van der Waals surface area contributed by atoms with E-state index in [9.17, 15) is 14.7 Å². The zero-order chi connectivity index (χ0) is 33.2. The van der Waals surface area contributed by atoms with Crippen LogP contribution in [-0.2, 0) is 20.8 Å². The molecule has 0 bridgehead atoms. The number of carbonyl (C=O) groups excluding carboxylic acids is 2. The molecule has 0 aromatic carbocycles. The van der Waals surface area contributed by atoms with Crippen LogP contribution in [-0.4, -0.2) is 94.2 Å². The molecule has 0 radical (unpaired) electrons. The predicted octanol–water partition coefficient (Wildman–Crippen LogP) is 4.00. The maximum absolute atomic E-state index is 12.6. The Morgan fingerprint density at radius 2 is 1.98 bits per heavy atom. The number of anilines is 1. The number of aryl methyl sites for hydroxylation is 1. The van der Waals surface area contributed by atoms with Gasteiger partial charge in [-0.05, 0) is 53.5 Å². The van der Waals surface area contributed by atoms with Crippen molar-refractivity contribution in [1.82, 2.24) is 30.0 Å². The van der Waals surface area contributed by atoms with Gasteiger partial charge in [0.15, 0.2) is 11.5 Å². The predicted molar refractivity (Wildman–Crippen MR) is 174 cm³/mol. The van der Waals surface area contributed by atoms with Gasteiger partial charge in [0, 0.05) is 49.4 Å². The number of pyridine rings is 1. The van der Waals surface area contributed by atoms with Crippen LogP contribution in [0.2, 0.25) is 5.02 Å². The van der Waals surface area contributed by atoms with Crippen LogP contribution >= 0.6 is 23.4 Å². The molecule has 2 aliphatic rings. The quantitative estimate of drug-likeness (QED) is 0.282. The van der Waals surface area contributed by atoms with Gasteiger partial charge in [-0.1, -0.05) is 23.4 Å². The summed E-state index contributed by atoms with van der Waals surface area (Å²) in [6.07, 6.45) is 4.37. The van der Waals surface area contributed by atoms with Gasteiger partial charge in [-0.2, -0.15) is 0 Å². The summed E-state index contributed by atoms with van der Waals surface area (Å²) in [5, 5.41) is 17.1. The van der Waals surface area contributed by atoms with Gasteiger partial charge in [-0.15, -0.1) is 0 Å². The standard InChI is InChI=1S/C31H42ClN7O6S/c1-18-28(46-22-7-11-39-15-20(35-26(39)23(22)32)27(41)33-10-14-43-6)36-21(16-40)25(34-18)38-12-8-31(9-13-38)17-44-19(2)24(31)37-29(42)45-30(3,4)5/h7,11,15,19,24,40H,8-10,12-14,16-17H2,1-6H3,(H,33,41)(H,37,42)/t19-,24+/m0/s1. The van der Waals surface area contributed by atoms with Crippen LogP contribution in [0.25, 0.3) is 5.65 Å². The smallest absolute Gasteiger partial charge is 0.407 e. The summed E-state index contributed by atoms with van der Waals surface area (Å²) >= 11 is 8.08. The summed E-state index contributed by atoms with van der Waals surface area (Å²) in [5.41, 5.74) is 1.04. The molecule has 2 fully saturated rings. The molecule has 2 atom stereocenters. The number of methoxy groups -OCH3 is 1. The Labute approximate surface area is 277 Å². The highest BCUT2D eigenvalue weighted by Gasteiger charge is 2.50. The number of nitrogens with one attached hydrogen (secondary N) is 2. The summed E-state index contributed by atoms with van der Waals surface area (Å²) in [6.45, 7) is 11.8. The molecule has 2 saturated heterocycles. The van der Waals surface area contributed by atoms with E-state index in [4.69, 9.17) is 35.8 Å². The lowest BCUT2D eigenvalue weighted by Crippen LogP contribution is -2.55. The van der Waals surface area contributed by atoms with Crippen LogP contribution in [0.4, 0.5) is 10.6 Å². The molecule has 15 heteroatoms. The van der Waals surface area contributed by atoms with E-state index < -0.39 is 11.7 Å². The molecule has 46 heavy (non-hydrogen) atoms. The molecule has 13 nitrogen and oxygen atoms in total. The number of imidazole rings is 1. The molecule has 3 aromatic rings. The van der Waals surface area contributed by atoms with Crippen molar-refractivity contribution in [1.29, 1.82) is 0 Å². The highest BCUT2D eigenvalue weighted by Crippen LogP contribution is 2.44. The third-order valence-corrected chi connectivity index (χ3v) is 9.91. The SMILES string of the molecule is COCCNC(=O)c1cn2ccc(Sc3nc(CO)c(N4CCC5(CC4)CO[C@@H](C)[C@H]5NC(=O)OC(C)(C)C)nc3C)c(Cl)c2n1. The van der Waals surface area contributed by atoms with Crippen molar-refractivity contribution in [2.75, 3.05) is 44.9 Å². The van der Waals surface area contributed by atoms with Crippen LogP contribution in [0.5, 0.6) is 0 Å². The molecule has 3 N–H and O–H groups in total. The van der Waals surface area contributed by atoms with E-state index >= 15 is 0 Å². The van der Waals surface area contributed by atoms with E-state index in [-0.39, 0.29) is 35.8 Å². The Balaban J connectivity index is 1.30. The molecule has 0 aliphatic carbocycles. The second-order valence-corrected chi connectivity index (χ2v) is 14.1. The monoisotopic (exact) mass is 675 g/mol. The van der Waals surface area contributed by atoms with Crippen molar-refractivity contribution >= 4 is 46.8 Å². The number of amides is 2. The number of aromatic nitrogens is 4. The second-order valence-electron chi connectivity index (χ2n) is 12.7. The Morgan fingerprint density at radius 1 is 1.24 bits per heavy atom. The molecular weight excluding hydrogens is 634 g/mol. The number of carbonyl (C=O) groups is 2. The van der Waals surface area contributed by atoms with E-state index in [1.54, 1.807) is 23.9 Å². The van der Waals surface area contributed by atoms with E-state index in [0.29, 0.717) is 70.6 Å². The number of alkyl carbamates (subject to hydrolysis) is 1. The summed E-state index contributed by atoms with van der Waals surface area (Å²) in [7, 11) is 1.57. The number of fused-ring (bicyclic) bond motifs is 1. The van der Waals surface area contributed by atoms with Crippen molar-refractivity contribution in [2.45, 2.75) is 81.7 Å². The highest BCUT2D eigenvalue weighted by atomic mass is 35.5. The van der Waals surface area contributed by atoms with Gasteiger partial charge < -0.3 is 39.3 Å². The fourth-order valence-corrected chi connectivity index (χ4v) is 7.12. The lowest BCUT2D eigenvalue weighted by Gasteiger charge is -2.43. The number of rotatable bonds is 9. The average Bonchev–Trinajstić information content (AvgIpc) is 3.57. The van der Waals surface area contributed by atoms with Crippen molar-refractivity contribution in [2.24, 2.45) is 5.41 Å². The first-order valence-corrected chi connectivity index (χ1v) is 16.5. The minimum absolute atomic E-state index is 0.136. The number of nitrogens with zero attached hydrogens (tertiary/aromatic N) is 5. The third-order valence-electron chi connectivity index (χ3n) is 8.28. The summed E-state index contributed by atoms with van der Waals surface area (Å²) in [6, 6.07) is 1.66. The van der Waals surface area contributed by atoms with E-state index in [1.165, 1.54) is 11.8 Å². The van der Waals surface area contributed by atoms with Crippen LogP contribution in [0.3, 0.4) is 0 Å². The van der Waals surface area contributed by atoms with Crippen molar-refractivity contribution < 1.29 is 28.9 Å². The highest BCUT2D eigenvalue weighted by molar-refractivity contribution is 7.99. The largest absolute Gasteiger partial charge is 0.444 e. The second kappa shape index (κ2) is 13.9. The third kappa shape index (κ3) is 7.36. The molecule has 5 heterocycles. The van der Waals surface area contributed by atoms with Gasteiger partial charge in [0.2, 0.25) is 0 Å². The van der Waals surface area contributed by atoms with E-state index in [2.05, 4.69) is 20.5 Å². The maximum atomic E-state index is 12.6. The zero-order valence-corrected chi connectivity index (χ0v) is 28.6. The van der Waals surface area contributed by atoms with Gasteiger partial charge in [0.25, 0.3) is 5.91 Å². The first-order valence-electron chi connectivity index (χ1n) is 15.3. The molecule has 3 aromatic heterocycles. The van der Waals surface area contributed by atoms with E-state index in [0.717, 1.165) is 12.8 Å². The molecule has 0 saturated carbocycles. The number of ether oxygens (including phenoxy) is 3. The molecule has 2 aliphatic heterocycles. The number of halogens is 1. The van der Waals surface area contributed by atoms with Crippen LogP contribution in [0.15, 0.2) is 28.4 Å². The first kappa shape index (κ1) is 34.2. The average molecular weight is 676 g/mol. The molecular formula is C31H42ClN7O6S. The summed E-state index contributed by atoms with van der Waals surface area (Å²) in [5.74, 6) is 0.325. The number of hydrogen-bond acceptors (Lipinski definition) is 11. The van der Waals surface area contributed by atoms with Gasteiger partial charge in [0.1, 0.15) is 22.0 Å². The Bertz CT molecular complexity index is 1590. The van der Waals surface area contributed by atoms with Crippen LogP contribution in [0, 0.1) is 12.3 Å². The number of hydrogen-bond donors (Lipinski definition) is 3. The Hall–Kier alpha value is -3.17. The molecule has 1 spiro atoms. The maximum Gasteiger partial charge on any atom is 0.407 e. The molecule has 5 rings (SSSR count). The molecule has 2 amide bonds. The first-order chi connectivity index (χ1) is 21.8. The van der Waals surface area contributed by atoms with Gasteiger partial charge in [0.05, 0.1) is 42.7 Å². The summed E-state index contributed by atoms with van der Waals surface area (Å²) < 4.78 is 18.2. The fourth-order valence-electron chi connectivity index (χ4n) is 5.94. The number of aliphatic hydroxyl groups excluding tert-OH is 1. The van der Waals surface area contributed by atoms with Crippen LogP contribution < -0.4 is 15.5 Å². The van der Waals surface area contributed by atoms with Crippen LogP contribution in [0.1, 0.15) is 62.4 Å². The van der Waals surface area contributed by atoms with Crippen molar-refractivity contribution in [3.63, 3.8) is 0 Å². The topological polar surface area (TPSA) is 152 Å². The zero-order valence-electron chi connectivity index (χ0n) is 27.1. The minimum atomic E-state index is -0.589. The number of aliphatic hydroxyl groups is 1. The normalized spacial score (nSPS) is 19.5. The Morgan fingerprint density at radius 3 is 2.65 bits per heavy atom. The van der Waals surface area contributed by atoms with Gasteiger partial charge in [-0.3, -0.25) is 4.79 Å². The van der Waals surface area contributed by atoms with Crippen molar-refractivity contribution in [3.05, 3.63) is 40.6 Å². The number of piperidine rings is 1. The minimum Gasteiger partial charge on any atom is -0.444 e. The van der Waals surface area contributed by atoms with Gasteiger partial charge >= 0.3 is 6.09 Å². The lowest BCUT2D eigenvalue weighted by molar-refractivity contribution is 0.0434. The fraction of sp³-hybridized carbons (Fsp3) is 0.581. The molecule has 0 unspecified atom stereocenters. The van der Waals surface area contributed by atoms with Crippen molar-refractivity contribution in [3.8, 4) is 0 Å². The Kier molecular flexibility index (Phi) is 10.3. The summed E-state index contributed by atoms with van der Waals surface area (Å²) in [4.78, 5) is 42.1. The van der Waals surface area contributed by atoms with Gasteiger partial charge in [-0.25, -0.2) is 19.7 Å². The van der Waals surface area contributed by atoms with E-state index in [1.807, 2.05) is 40.7 Å². The molecule has 250 valence electrons.